The number of nitrogens with zero attached hydrogens (tertiary/aromatic N) is 3. The van der Waals surface area contributed by atoms with Gasteiger partial charge in [-0.1, -0.05) is 0 Å². The Bertz CT molecular complexity index is 203. The summed E-state index contributed by atoms with van der Waals surface area (Å²) in [6.45, 7) is 0.403. The highest BCUT2D eigenvalue weighted by Crippen LogP contribution is 2.01. The molecule has 2 heterocycles. The molecule has 0 fully saturated rings. The third kappa shape index (κ3) is 0.318. The summed E-state index contributed by atoms with van der Waals surface area (Å²) in [6, 6.07) is 0. The molecule has 2 aliphatic heterocycles. The maximum atomic E-state index is 4.90. The smallest absolute Gasteiger partial charge is 0.262 e. The Balaban J connectivity index is 2.49. The Hall–Kier alpha value is -1.19. The fraction of sp³-hybridized carbons (Fsp3) is 0.250. The van der Waals surface area contributed by atoms with Gasteiger partial charge in [0.15, 0.2) is 6.73 Å². The van der Waals surface area contributed by atoms with E-state index >= 15 is 0 Å². The number of hydrogen-bond acceptors (Lipinski definition) is 4. The van der Waals surface area contributed by atoms with Crippen LogP contribution in [-0.2, 0) is 4.74 Å². The number of fused-ring (bicyclic) bond motifs is 1. The van der Waals surface area contributed by atoms with Crippen molar-refractivity contribution in [3.8, 4) is 0 Å². The van der Waals surface area contributed by atoms with E-state index in [0.717, 1.165) is 5.71 Å². The van der Waals surface area contributed by atoms with Crippen molar-refractivity contribution in [3.05, 3.63) is 0 Å². The van der Waals surface area contributed by atoms with Gasteiger partial charge < -0.3 is 4.74 Å². The minimum Gasteiger partial charge on any atom is -0.452 e. The van der Waals surface area contributed by atoms with E-state index in [9.17, 15) is 0 Å². The van der Waals surface area contributed by atoms with Crippen LogP contribution in [-0.4, -0.2) is 24.6 Å². The molecule has 4 nitrogen and oxygen atoms in total. The van der Waals surface area contributed by atoms with Gasteiger partial charge in [0.1, 0.15) is 5.71 Å². The molecule has 0 aliphatic carbocycles. The molecule has 0 radical (unpaired) electrons. The van der Waals surface area contributed by atoms with Crippen molar-refractivity contribution in [2.75, 3.05) is 6.73 Å². The number of hydrogen-bond donors (Lipinski definition) is 0. The topological polar surface area (TPSA) is 46.3 Å². The Labute approximate surface area is 45.6 Å². The van der Waals surface area contributed by atoms with E-state index < -0.39 is 0 Å². The Morgan fingerprint density at radius 2 is 2.62 bits per heavy atom. The zero-order chi connectivity index (χ0) is 5.40. The molecule has 0 aromatic heterocycles. The molecule has 8 heavy (non-hydrogen) atoms. The highest BCUT2D eigenvalue weighted by molar-refractivity contribution is 6.62. The molecule has 0 saturated heterocycles. The van der Waals surface area contributed by atoms with Gasteiger partial charge in [-0.15, -0.1) is 5.10 Å². The van der Waals surface area contributed by atoms with Crippen LogP contribution in [0.25, 0.3) is 0 Å². The molecule has 0 atom stereocenters. The van der Waals surface area contributed by atoms with Crippen LogP contribution in [0.15, 0.2) is 15.2 Å². The Morgan fingerprint density at radius 3 is 3.50 bits per heavy atom. The van der Waals surface area contributed by atoms with Crippen LogP contribution < -0.4 is 0 Å². The van der Waals surface area contributed by atoms with Crippen molar-refractivity contribution in [1.82, 2.24) is 0 Å². The summed E-state index contributed by atoms with van der Waals surface area (Å²) in [7, 11) is 0. The summed E-state index contributed by atoms with van der Waals surface area (Å²) in [5.74, 6) is 0.560. The van der Waals surface area contributed by atoms with Crippen molar-refractivity contribution in [2.45, 2.75) is 0 Å². The van der Waals surface area contributed by atoms with E-state index in [1.165, 1.54) is 0 Å². The molecule has 4 heteroatoms. The van der Waals surface area contributed by atoms with Crippen LogP contribution >= 0.6 is 0 Å². The van der Waals surface area contributed by atoms with Gasteiger partial charge in [0, 0.05) is 0 Å². The van der Waals surface area contributed by atoms with E-state index in [-0.39, 0.29) is 0 Å². The Morgan fingerprint density at radius 1 is 1.62 bits per heavy atom. The second kappa shape index (κ2) is 1.15. The predicted octanol–water partition coefficient (Wildman–Crippen LogP) is -0.187. The van der Waals surface area contributed by atoms with Gasteiger partial charge >= 0.3 is 0 Å². The van der Waals surface area contributed by atoms with Gasteiger partial charge in [0.2, 0.25) is 0 Å². The van der Waals surface area contributed by atoms with E-state index in [1.54, 1.807) is 6.21 Å². The molecule has 0 unspecified atom stereocenters. The average Bonchev–Trinajstić information content (AvgIpc) is 2.15. The zero-order valence-electron chi connectivity index (χ0n) is 4.03. The third-order valence-corrected chi connectivity index (χ3v) is 0.984. The first-order chi connectivity index (χ1) is 3.97. The fourth-order valence-corrected chi connectivity index (χ4v) is 0.617. The van der Waals surface area contributed by atoms with Crippen molar-refractivity contribution in [1.29, 1.82) is 0 Å². The van der Waals surface area contributed by atoms with Gasteiger partial charge in [0.25, 0.3) is 5.90 Å². The quantitative estimate of drug-likeness (QED) is 0.425. The summed E-state index contributed by atoms with van der Waals surface area (Å²) in [6.07, 6.45) is 1.59. The highest BCUT2D eigenvalue weighted by Gasteiger charge is 2.17. The predicted molar refractivity (Wildman–Crippen MR) is 29.3 cm³/mol. The summed E-state index contributed by atoms with van der Waals surface area (Å²) >= 11 is 0. The number of rotatable bonds is 0. The summed E-state index contributed by atoms with van der Waals surface area (Å²) < 4.78 is 4.90. The second-order valence-corrected chi connectivity index (χ2v) is 1.47. The lowest BCUT2D eigenvalue weighted by Crippen LogP contribution is -2.06. The van der Waals surface area contributed by atoms with Crippen molar-refractivity contribution >= 4 is 17.8 Å². The van der Waals surface area contributed by atoms with Gasteiger partial charge in [0.05, 0.1) is 6.21 Å². The molecule has 40 valence electrons. The zero-order valence-corrected chi connectivity index (χ0v) is 4.03. The highest BCUT2D eigenvalue weighted by atomic mass is 16.5. The van der Waals surface area contributed by atoms with E-state index in [2.05, 4.69) is 15.2 Å². The van der Waals surface area contributed by atoms with Crippen LogP contribution in [0.4, 0.5) is 0 Å². The first-order valence-electron chi connectivity index (χ1n) is 2.25. The molecule has 0 N–H and O–H groups in total. The number of ether oxygens (including phenoxy) is 1. The molecule has 0 aromatic carbocycles. The minimum absolute atomic E-state index is 0.403. The lowest BCUT2D eigenvalue weighted by molar-refractivity contribution is 0.339. The second-order valence-electron chi connectivity index (χ2n) is 1.47. The molecule has 0 spiro atoms. The monoisotopic (exact) mass is 109 g/mol. The average molecular weight is 109 g/mol. The van der Waals surface area contributed by atoms with E-state index in [1.807, 2.05) is 0 Å². The van der Waals surface area contributed by atoms with Crippen LogP contribution in [0, 0.1) is 0 Å². The maximum Gasteiger partial charge on any atom is 0.262 e. The van der Waals surface area contributed by atoms with Gasteiger partial charge in [-0.05, 0) is 0 Å². The number of aliphatic imine (C=N–C) groups is 1. The summed E-state index contributed by atoms with van der Waals surface area (Å²) in [5, 5.41) is 7.21. The van der Waals surface area contributed by atoms with Crippen molar-refractivity contribution in [3.63, 3.8) is 0 Å². The molecular weight excluding hydrogens is 106 g/mol. The normalized spacial score (nSPS) is 22.0. The third-order valence-electron chi connectivity index (χ3n) is 0.984. The van der Waals surface area contributed by atoms with Gasteiger partial charge in [-0.25, -0.2) is 4.99 Å². The van der Waals surface area contributed by atoms with E-state index in [4.69, 9.17) is 4.74 Å². The molecule has 0 bridgehead atoms. The molecule has 0 saturated carbocycles. The van der Waals surface area contributed by atoms with E-state index in [0.29, 0.717) is 12.6 Å². The minimum atomic E-state index is 0.403. The lowest BCUT2D eigenvalue weighted by Gasteiger charge is -1.85. The SMILES string of the molecule is C1=NN=C2OCN=C12. The summed E-state index contributed by atoms with van der Waals surface area (Å²) in [4.78, 5) is 3.91. The van der Waals surface area contributed by atoms with Gasteiger partial charge in [-0.2, -0.15) is 5.10 Å². The van der Waals surface area contributed by atoms with Crippen LogP contribution in [0.2, 0.25) is 0 Å². The van der Waals surface area contributed by atoms with Crippen LogP contribution in [0.1, 0.15) is 0 Å². The van der Waals surface area contributed by atoms with Crippen molar-refractivity contribution < 1.29 is 4.74 Å². The largest absolute Gasteiger partial charge is 0.452 e. The molecule has 2 aliphatic rings. The first kappa shape index (κ1) is 3.77. The Kier molecular flexibility index (Phi) is 0.542. The standard InChI is InChI=1S/C4H3N3O/c1-3-4(7-6-1)8-2-5-3/h1H,2H2. The van der Waals surface area contributed by atoms with Gasteiger partial charge in [-0.3, -0.25) is 0 Å². The van der Waals surface area contributed by atoms with Crippen molar-refractivity contribution in [2.24, 2.45) is 15.2 Å². The van der Waals surface area contributed by atoms with Crippen LogP contribution in [0.3, 0.4) is 0 Å². The molecular formula is C4H3N3O. The first-order valence-corrected chi connectivity index (χ1v) is 2.25. The molecule has 2 rings (SSSR count). The molecule has 0 aromatic rings. The summed E-state index contributed by atoms with van der Waals surface area (Å²) in [5.41, 5.74) is 0.769. The molecule has 0 amide bonds. The maximum absolute atomic E-state index is 4.90. The van der Waals surface area contributed by atoms with Crippen LogP contribution in [0.5, 0.6) is 0 Å². The fourth-order valence-electron chi connectivity index (χ4n) is 0.617. The lowest BCUT2D eigenvalue weighted by atomic mass is 10.4.